The molecule has 86 valence electrons. The number of aliphatic hydroxyl groups is 1. The zero-order valence-electron chi connectivity index (χ0n) is 9.42. The lowest BCUT2D eigenvalue weighted by Crippen LogP contribution is -2.11. The first kappa shape index (κ1) is 15.1. The first-order valence-corrected chi connectivity index (χ1v) is 5.82. The van der Waals surface area contributed by atoms with Crippen molar-refractivity contribution in [2.24, 2.45) is 0 Å². The molecule has 1 aromatic rings. The monoisotopic (exact) mass is 290 g/mol. The Balaban J connectivity index is 0.00000196. The molecule has 1 N–H and O–H groups in total. The lowest BCUT2D eigenvalue weighted by Gasteiger charge is -2.14. The van der Waals surface area contributed by atoms with E-state index in [1.807, 2.05) is 0 Å². The van der Waals surface area contributed by atoms with Crippen molar-refractivity contribution in [2.45, 2.75) is 33.1 Å². The first-order valence-electron chi connectivity index (χ1n) is 5.24. The molecule has 0 amide bonds. The topological polar surface area (TPSA) is 20.2 Å². The summed E-state index contributed by atoms with van der Waals surface area (Å²) >= 11 is 0. The lowest BCUT2D eigenvalue weighted by molar-refractivity contribution is 0.299. The fourth-order valence-corrected chi connectivity index (χ4v) is 2.35. The van der Waals surface area contributed by atoms with Gasteiger partial charge >= 0.3 is 0 Å². The molecule has 0 aromatic heterocycles. The molecule has 0 spiro atoms. The van der Waals surface area contributed by atoms with Crippen molar-refractivity contribution >= 4 is 31.5 Å². The molecule has 3 heteroatoms. The van der Waals surface area contributed by atoms with Crippen LogP contribution in [0.1, 0.15) is 30.5 Å². The predicted octanol–water partition coefficient (Wildman–Crippen LogP) is 2.42. The highest BCUT2D eigenvalue weighted by atomic mass is 79.9. The quantitative estimate of drug-likeness (QED) is 0.845. The zero-order chi connectivity index (χ0) is 10.6. The maximum absolute atomic E-state index is 9.02. The van der Waals surface area contributed by atoms with Gasteiger partial charge in [-0.2, -0.15) is 0 Å². The average Bonchev–Trinajstić information content (AvgIpc) is 2.21. The molecular weight excluding hydrogens is 271 g/mol. The standard InChI is InChI=1S/C12H19OP.BrH/c1-3-9-5-6-12(14)11(7-8-13)10(9)4-2;/h5-6,13H,3-4,7-8,14H2,1-2H3;1H. The van der Waals surface area contributed by atoms with Crippen molar-refractivity contribution in [1.82, 2.24) is 0 Å². The van der Waals surface area contributed by atoms with Crippen LogP contribution in [0.4, 0.5) is 0 Å². The Labute approximate surface area is 105 Å². The van der Waals surface area contributed by atoms with Crippen LogP contribution in [-0.4, -0.2) is 11.7 Å². The molecule has 0 heterocycles. The number of benzene rings is 1. The Morgan fingerprint density at radius 1 is 1.13 bits per heavy atom. The van der Waals surface area contributed by atoms with E-state index in [1.165, 1.54) is 22.0 Å². The molecule has 15 heavy (non-hydrogen) atoms. The molecule has 1 atom stereocenters. The molecule has 0 bridgehead atoms. The molecular formula is C12H20BrOP. The summed E-state index contributed by atoms with van der Waals surface area (Å²) in [6.07, 6.45) is 2.91. The largest absolute Gasteiger partial charge is 0.396 e. The molecule has 1 rings (SSSR count). The summed E-state index contributed by atoms with van der Waals surface area (Å²) in [5, 5.41) is 10.2. The van der Waals surface area contributed by atoms with Gasteiger partial charge in [0.05, 0.1) is 0 Å². The van der Waals surface area contributed by atoms with Gasteiger partial charge in [0.2, 0.25) is 0 Å². The lowest BCUT2D eigenvalue weighted by atomic mass is 9.95. The van der Waals surface area contributed by atoms with Crippen LogP contribution in [0.25, 0.3) is 0 Å². The molecule has 0 saturated heterocycles. The van der Waals surface area contributed by atoms with Crippen LogP contribution in [-0.2, 0) is 19.3 Å². The van der Waals surface area contributed by atoms with Gasteiger partial charge < -0.3 is 5.11 Å². The summed E-state index contributed by atoms with van der Waals surface area (Å²) < 4.78 is 0. The molecule has 0 saturated carbocycles. The normalized spacial score (nSPS) is 9.87. The maximum Gasteiger partial charge on any atom is 0.0471 e. The van der Waals surface area contributed by atoms with Crippen LogP contribution in [0.3, 0.4) is 0 Å². The second kappa shape index (κ2) is 7.38. The molecule has 0 aliphatic rings. The third-order valence-corrected chi connectivity index (χ3v) is 3.20. The Kier molecular flexibility index (Phi) is 7.42. The van der Waals surface area contributed by atoms with Gasteiger partial charge in [-0.15, -0.1) is 26.2 Å². The van der Waals surface area contributed by atoms with Crippen LogP contribution in [0.2, 0.25) is 0 Å². The molecule has 0 aliphatic heterocycles. The third kappa shape index (κ3) is 3.55. The van der Waals surface area contributed by atoms with Crippen molar-refractivity contribution in [1.29, 1.82) is 0 Å². The number of hydrogen-bond acceptors (Lipinski definition) is 1. The molecule has 0 radical (unpaired) electrons. The predicted molar refractivity (Wildman–Crippen MR) is 75.7 cm³/mol. The van der Waals surface area contributed by atoms with Gasteiger partial charge in [0.15, 0.2) is 0 Å². The van der Waals surface area contributed by atoms with Gasteiger partial charge in [-0.1, -0.05) is 26.0 Å². The van der Waals surface area contributed by atoms with Crippen molar-refractivity contribution < 1.29 is 5.11 Å². The highest BCUT2D eigenvalue weighted by Crippen LogP contribution is 2.17. The van der Waals surface area contributed by atoms with Gasteiger partial charge in [-0.3, -0.25) is 0 Å². The molecule has 1 unspecified atom stereocenters. The van der Waals surface area contributed by atoms with Crippen LogP contribution in [0.15, 0.2) is 12.1 Å². The number of aliphatic hydroxyl groups excluding tert-OH is 1. The van der Waals surface area contributed by atoms with Crippen molar-refractivity contribution in [3.63, 3.8) is 0 Å². The van der Waals surface area contributed by atoms with E-state index in [2.05, 4.69) is 35.2 Å². The van der Waals surface area contributed by atoms with Crippen LogP contribution in [0, 0.1) is 0 Å². The van der Waals surface area contributed by atoms with Gasteiger partial charge in [0.1, 0.15) is 0 Å². The van der Waals surface area contributed by atoms with E-state index in [9.17, 15) is 0 Å². The summed E-state index contributed by atoms with van der Waals surface area (Å²) in [6, 6.07) is 4.33. The number of hydrogen-bond donors (Lipinski definition) is 1. The molecule has 0 aliphatic carbocycles. The number of halogens is 1. The van der Waals surface area contributed by atoms with Gasteiger partial charge in [-0.05, 0) is 41.3 Å². The summed E-state index contributed by atoms with van der Waals surface area (Å²) in [5.41, 5.74) is 4.16. The SMILES string of the molecule is Br.CCc1ccc(P)c(CCO)c1CC. The van der Waals surface area contributed by atoms with Crippen molar-refractivity contribution in [2.75, 3.05) is 6.61 Å². The summed E-state index contributed by atoms with van der Waals surface area (Å²) in [5.74, 6) is 0. The molecule has 1 aromatic carbocycles. The second-order valence-corrected chi connectivity index (χ2v) is 4.07. The van der Waals surface area contributed by atoms with E-state index in [0.29, 0.717) is 0 Å². The summed E-state index contributed by atoms with van der Waals surface area (Å²) in [4.78, 5) is 0. The van der Waals surface area contributed by atoms with Gasteiger partial charge in [0.25, 0.3) is 0 Å². The summed E-state index contributed by atoms with van der Waals surface area (Å²) in [6.45, 7) is 4.60. The molecule has 1 nitrogen and oxygen atoms in total. The third-order valence-electron chi connectivity index (χ3n) is 2.66. The average molecular weight is 291 g/mol. The first-order chi connectivity index (χ1) is 6.74. The maximum atomic E-state index is 9.02. The zero-order valence-corrected chi connectivity index (χ0v) is 12.3. The van der Waals surface area contributed by atoms with Crippen LogP contribution < -0.4 is 5.30 Å². The summed E-state index contributed by atoms with van der Waals surface area (Å²) in [7, 11) is 2.76. The van der Waals surface area contributed by atoms with Crippen LogP contribution in [0.5, 0.6) is 0 Å². The van der Waals surface area contributed by atoms with E-state index in [1.54, 1.807) is 0 Å². The fraction of sp³-hybridized carbons (Fsp3) is 0.500. The van der Waals surface area contributed by atoms with Crippen molar-refractivity contribution in [3.8, 4) is 0 Å². The minimum atomic E-state index is 0. The van der Waals surface area contributed by atoms with Crippen molar-refractivity contribution in [3.05, 3.63) is 28.8 Å². The Hall–Kier alpha value is 0.0900. The Morgan fingerprint density at radius 2 is 1.80 bits per heavy atom. The minimum absolute atomic E-state index is 0. The van der Waals surface area contributed by atoms with E-state index >= 15 is 0 Å². The highest BCUT2D eigenvalue weighted by Gasteiger charge is 2.07. The second-order valence-electron chi connectivity index (χ2n) is 3.45. The number of aryl methyl sites for hydroxylation is 1. The fourth-order valence-electron chi connectivity index (χ4n) is 1.94. The van der Waals surface area contributed by atoms with E-state index in [4.69, 9.17) is 5.11 Å². The smallest absolute Gasteiger partial charge is 0.0471 e. The highest BCUT2D eigenvalue weighted by molar-refractivity contribution is 8.93. The van der Waals surface area contributed by atoms with Gasteiger partial charge in [-0.25, -0.2) is 0 Å². The van der Waals surface area contributed by atoms with Gasteiger partial charge in [0, 0.05) is 6.61 Å². The van der Waals surface area contributed by atoms with E-state index in [0.717, 1.165) is 19.3 Å². The molecule has 0 fully saturated rings. The Bertz CT molecular complexity index is 313. The van der Waals surface area contributed by atoms with E-state index < -0.39 is 0 Å². The van der Waals surface area contributed by atoms with Crippen LogP contribution >= 0.6 is 26.2 Å². The number of rotatable bonds is 4. The minimum Gasteiger partial charge on any atom is -0.396 e. The Morgan fingerprint density at radius 3 is 2.27 bits per heavy atom. The van der Waals surface area contributed by atoms with E-state index in [-0.39, 0.29) is 23.6 Å².